The quantitative estimate of drug-likeness (QED) is 0.218. The number of carbonyl (C=O) groups excluding carboxylic acids is 3. The highest BCUT2D eigenvalue weighted by atomic mass is 32.2. The summed E-state index contributed by atoms with van der Waals surface area (Å²) in [5, 5.41) is 5.95. The van der Waals surface area contributed by atoms with Gasteiger partial charge >= 0.3 is 0 Å². The van der Waals surface area contributed by atoms with Crippen LogP contribution in [0.1, 0.15) is 28.0 Å². The number of nitrogens with zero attached hydrogens (tertiary/aromatic N) is 3. The van der Waals surface area contributed by atoms with E-state index in [1.165, 1.54) is 57.7 Å². The van der Waals surface area contributed by atoms with E-state index in [1.54, 1.807) is 55.5 Å². The van der Waals surface area contributed by atoms with Crippen molar-refractivity contribution in [2.75, 3.05) is 26.3 Å². The van der Waals surface area contributed by atoms with Crippen LogP contribution in [0.25, 0.3) is 10.9 Å². The molecular formula is C37H34FN5O8S. The number of amides is 3. The minimum atomic E-state index is -4.05. The van der Waals surface area contributed by atoms with Crippen molar-refractivity contribution >= 4 is 38.6 Å². The van der Waals surface area contributed by atoms with E-state index in [1.807, 2.05) is 0 Å². The van der Waals surface area contributed by atoms with Gasteiger partial charge < -0.3 is 29.7 Å². The Kier molecular flexibility index (Phi) is 9.48. The van der Waals surface area contributed by atoms with E-state index in [2.05, 4.69) is 15.6 Å². The van der Waals surface area contributed by atoms with Gasteiger partial charge in [0.2, 0.25) is 11.8 Å². The molecule has 3 amide bonds. The highest BCUT2D eigenvalue weighted by Gasteiger charge is 2.52. The zero-order valence-electron chi connectivity index (χ0n) is 28.0. The van der Waals surface area contributed by atoms with Crippen molar-refractivity contribution < 1.29 is 41.4 Å². The summed E-state index contributed by atoms with van der Waals surface area (Å²) >= 11 is 0. The molecule has 2 N–H and O–H groups in total. The van der Waals surface area contributed by atoms with Crippen LogP contribution in [-0.2, 0) is 35.6 Å². The number of pyridine rings is 1. The summed E-state index contributed by atoms with van der Waals surface area (Å²) in [6.45, 7) is 1.62. The van der Waals surface area contributed by atoms with Gasteiger partial charge in [-0.3, -0.25) is 19.4 Å². The fourth-order valence-corrected chi connectivity index (χ4v) is 7.97. The minimum absolute atomic E-state index is 0.00161. The molecule has 13 nitrogen and oxygen atoms in total. The zero-order chi connectivity index (χ0) is 36.5. The number of benzene rings is 3. The molecule has 268 valence electrons. The first-order valence-corrected chi connectivity index (χ1v) is 17.9. The Morgan fingerprint density at radius 1 is 0.981 bits per heavy atom. The maximum Gasteiger partial charge on any atom is 0.268 e. The topological polar surface area (TPSA) is 158 Å². The van der Waals surface area contributed by atoms with E-state index in [0.29, 0.717) is 10.9 Å². The maximum atomic E-state index is 14.3. The lowest BCUT2D eigenvalue weighted by Crippen LogP contribution is -2.49. The molecule has 0 bridgehead atoms. The first-order valence-electron chi connectivity index (χ1n) is 16.5. The third-order valence-electron chi connectivity index (χ3n) is 8.89. The molecule has 0 saturated carbocycles. The molecule has 2 aliphatic rings. The molecule has 1 atom stereocenters. The largest absolute Gasteiger partial charge is 0.454 e. The number of hydrogen-bond donors (Lipinski definition) is 2. The Balaban J connectivity index is 1.05. The summed E-state index contributed by atoms with van der Waals surface area (Å²) in [6.07, 6.45) is 3.05. The van der Waals surface area contributed by atoms with Crippen molar-refractivity contribution in [2.24, 2.45) is 0 Å². The highest BCUT2D eigenvalue weighted by Crippen LogP contribution is 2.35. The van der Waals surface area contributed by atoms with E-state index < -0.39 is 51.9 Å². The maximum absolute atomic E-state index is 14.3. The van der Waals surface area contributed by atoms with Gasteiger partial charge in [-0.05, 0) is 67.1 Å². The number of aromatic nitrogens is 2. The van der Waals surface area contributed by atoms with E-state index in [-0.39, 0.29) is 60.4 Å². The van der Waals surface area contributed by atoms with Crippen LogP contribution in [0, 0.1) is 12.7 Å². The Morgan fingerprint density at radius 3 is 2.54 bits per heavy atom. The average Bonchev–Trinajstić information content (AvgIpc) is 3.88. The molecule has 1 unspecified atom stereocenters. The molecule has 2 aliphatic heterocycles. The molecule has 7 rings (SSSR count). The highest BCUT2D eigenvalue weighted by molar-refractivity contribution is 7.90. The van der Waals surface area contributed by atoms with Crippen molar-refractivity contribution in [1.82, 2.24) is 24.5 Å². The number of nitrogens with one attached hydrogen (secondary N) is 2. The molecule has 2 fully saturated rings. The van der Waals surface area contributed by atoms with Crippen LogP contribution in [0.5, 0.6) is 11.5 Å². The molecule has 52 heavy (non-hydrogen) atoms. The van der Waals surface area contributed by atoms with Crippen LogP contribution < -0.4 is 15.4 Å². The molecule has 3 aromatic carbocycles. The number of hydrogen-bond acceptors (Lipinski definition) is 9. The van der Waals surface area contributed by atoms with E-state index >= 15 is 0 Å². The monoisotopic (exact) mass is 727 g/mol. The summed E-state index contributed by atoms with van der Waals surface area (Å²) < 4.78 is 60.4. The van der Waals surface area contributed by atoms with Crippen molar-refractivity contribution in [3.05, 3.63) is 120 Å². The molecule has 2 saturated heterocycles. The van der Waals surface area contributed by atoms with Gasteiger partial charge in [0, 0.05) is 29.8 Å². The molecule has 4 heterocycles. The number of fused-ring (bicyclic) bond motifs is 1. The lowest BCUT2D eigenvalue weighted by atomic mass is 10.1. The second-order valence-corrected chi connectivity index (χ2v) is 14.3. The van der Waals surface area contributed by atoms with E-state index in [9.17, 15) is 27.2 Å². The Labute approximate surface area is 298 Å². The third-order valence-corrected chi connectivity index (χ3v) is 10.7. The molecule has 1 spiro atoms. The van der Waals surface area contributed by atoms with Gasteiger partial charge in [0.15, 0.2) is 17.4 Å². The van der Waals surface area contributed by atoms with Crippen molar-refractivity contribution in [1.29, 1.82) is 0 Å². The summed E-state index contributed by atoms with van der Waals surface area (Å²) in [7, 11) is -4.05. The van der Waals surface area contributed by atoms with Gasteiger partial charge in [-0.25, -0.2) is 16.8 Å². The predicted molar refractivity (Wildman–Crippen MR) is 185 cm³/mol. The SMILES string of the molecule is Cc1ccc(Oc2cccc(C(=O)NCC(=O)N3CC4(CC3C(=O)NCc3cc5cnccc5n3S(=O)(=O)c3ccccc3)OCCO4)c2)c(F)c1. The van der Waals surface area contributed by atoms with Crippen LogP contribution in [0.3, 0.4) is 0 Å². The van der Waals surface area contributed by atoms with Gasteiger partial charge in [-0.15, -0.1) is 0 Å². The lowest BCUT2D eigenvalue weighted by molar-refractivity contribution is -0.152. The number of carbonyl (C=O) groups is 3. The molecule has 0 aliphatic carbocycles. The third kappa shape index (κ3) is 6.97. The van der Waals surface area contributed by atoms with Gasteiger partial charge in [-0.2, -0.15) is 0 Å². The number of ether oxygens (including phenoxy) is 3. The first kappa shape index (κ1) is 34.8. The molecule has 15 heteroatoms. The van der Waals surface area contributed by atoms with Gasteiger partial charge in [0.25, 0.3) is 15.9 Å². The Hall–Kier alpha value is -5.64. The van der Waals surface area contributed by atoms with Crippen LogP contribution in [-0.4, -0.2) is 78.1 Å². The van der Waals surface area contributed by atoms with Crippen LogP contribution in [0.4, 0.5) is 4.39 Å². The van der Waals surface area contributed by atoms with Gasteiger partial charge in [0.1, 0.15) is 11.8 Å². The predicted octanol–water partition coefficient (Wildman–Crippen LogP) is 3.90. The summed E-state index contributed by atoms with van der Waals surface area (Å²) in [5.41, 5.74) is 1.57. The van der Waals surface area contributed by atoms with E-state index in [4.69, 9.17) is 14.2 Å². The Morgan fingerprint density at radius 2 is 1.77 bits per heavy atom. The fraction of sp³-hybridized carbons (Fsp3) is 0.243. The van der Waals surface area contributed by atoms with Gasteiger partial charge in [0.05, 0.1) is 49.0 Å². The average molecular weight is 728 g/mol. The minimum Gasteiger partial charge on any atom is -0.454 e. The number of aryl methyl sites for hydroxylation is 1. The van der Waals surface area contributed by atoms with Crippen LogP contribution in [0.15, 0.2) is 102 Å². The number of likely N-dealkylation sites (tertiary alicyclic amines) is 1. The van der Waals surface area contributed by atoms with Crippen LogP contribution in [0.2, 0.25) is 0 Å². The lowest BCUT2D eigenvalue weighted by Gasteiger charge is -2.24. The molecule has 5 aromatic rings. The summed E-state index contributed by atoms with van der Waals surface area (Å²) in [4.78, 5) is 46.0. The normalized spacial score (nSPS) is 16.7. The zero-order valence-corrected chi connectivity index (χ0v) is 28.8. The molecule has 2 aromatic heterocycles. The Bertz CT molecular complexity index is 2270. The van der Waals surface area contributed by atoms with E-state index in [0.717, 1.165) is 5.56 Å². The van der Waals surface area contributed by atoms with Crippen molar-refractivity contribution in [2.45, 2.75) is 36.6 Å². The summed E-state index contributed by atoms with van der Waals surface area (Å²) in [6, 6.07) is 20.7. The van der Waals surface area contributed by atoms with Crippen molar-refractivity contribution in [3.63, 3.8) is 0 Å². The molecular weight excluding hydrogens is 693 g/mol. The second-order valence-electron chi connectivity index (χ2n) is 12.5. The second kappa shape index (κ2) is 14.2. The van der Waals surface area contributed by atoms with Gasteiger partial charge in [-0.1, -0.05) is 30.3 Å². The van der Waals surface area contributed by atoms with Crippen molar-refractivity contribution in [3.8, 4) is 11.5 Å². The smallest absolute Gasteiger partial charge is 0.268 e. The van der Waals surface area contributed by atoms with Crippen LogP contribution >= 0.6 is 0 Å². The number of halogens is 1. The first-order chi connectivity index (χ1) is 25.0. The standard InChI is InChI=1S/C37H34FN5O8S/c1-24-10-11-33(30(38)16-24)51-28-7-5-6-25(18-28)35(45)41-22-34(44)42-23-37(49-14-15-50-37)19-32(42)36(46)40-21-27-17-26-20-39-13-12-31(26)43(27)52(47,48)29-8-3-2-4-9-29/h2-13,16-18,20,32H,14-15,19,21-23H2,1H3,(H,40,46)(H,41,45). The molecule has 0 radical (unpaired) electrons. The fourth-order valence-electron chi connectivity index (χ4n) is 6.41. The number of rotatable bonds is 10. The summed E-state index contributed by atoms with van der Waals surface area (Å²) in [5.74, 6) is -3.24.